The van der Waals surface area contributed by atoms with Crippen LogP contribution in [0.2, 0.25) is 6.55 Å². The highest BCUT2D eigenvalue weighted by Gasteiger charge is 2.34. The number of methoxy groups -OCH3 is 1. The zero-order chi connectivity index (χ0) is 13.7. The summed E-state index contributed by atoms with van der Waals surface area (Å²) in [4.78, 5) is 0. The molecule has 0 N–H and O–H groups in total. The van der Waals surface area contributed by atoms with Crippen molar-refractivity contribution in [2.75, 3.05) is 14.2 Å². The highest BCUT2D eigenvalue weighted by atomic mass is 28.4. The van der Waals surface area contributed by atoms with Gasteiger partial charge in [-0.05, 0) is 22.5 Å². The van der Waals surface area contributed by atoms with Gasteiger partial charge in [0.05, 0.1) is 6.61 Å². The fourth-order valence-corrected chi connectivity index (χ4v) is 5.18. The molecule has 100 valence electrons. The molecule has 0 spiro atoms. The van der Waals surface area contributed by atoms with Crippen LogP contribution in [0.3, 0.4) is 0 Å². The first-order valence-corrected chi connectivity index (χ1v) is 8.81. The van der Waals surface area contributed by atoms with Crippen molar-refractivity contribution in [3.8, 4) is 0 Å². The molecule has 2 nitrogen and oxygen atoms in total. The quantitative estimate of drug-likeness (QED) is 0.777. The van der Waals surface area contributed by atoms with E-state index in [9.17, 15) is 0 Å². The molecule has 0 aliphatic heterocycles. The number of benzene rings is 2. The summed E-state index contributed by atoms with van der Waals surface area (Å²) in [6, 6.07) is 18.9. The minimum absolute atomic E-state index is 0.620. The number of hydrogen-bond acceptors (Lipinski definition) is 2. The Kier molecular flexibility index (Phi) is 4.53. The van der Waals surface area contributed by atoms with Crippen LogP contribution in [0.25, 0.3) is 0 Å². The fraction of sp³-hybridized carbons (Fsp3) is 0.250. The molecule has 0 radical (unpaired) electrons. The highest BCUT2D eigenvalue weighted by molar-refractivity contribution is 6.96. The van der Waals surface area contributed by atoms with E-state index in [1.165, 1.54) is 15.9 Å². The van der Waals surface area contributed by atoms with Gasteiger partial charge >= 0.3 is 0 Å². The van der Waals surface area contributed by atoms with Gasteiger partial charge in [0, 0.05) is 14.2 Å². The Labute approximate surface area is 116 Å². The summed E-state index contributed by atoms with van der Waals surface area (Å²) < 4.78 is 11.3. The molecular formula is C16H20O2Si. The maximum absolute atomic E-state index is 5.98. The lowest BCUT2D eigenvalue weighted by molar-refractivity contribution is 0.185. The molecule has 2 aromatic carbocycles. The minimum atomic E-state index is -2.14. The molecule has 1 unspecified atom stereocenters. The Morgan fingerprint density at radius 2 is 1.53 bits per heavy atom. The first-order valence-electron chi connectivity index (χ1n) is 6.40. The van der Waals surface area contributed by atoms with Crippen LogP contribution >= 0.6 is 0 Å². The Bertz CT molecular complexity index is 527. The second kappa shape index (κ2) is 6.15. The van der Waals surface area contributed by atoms with Crippen molar-refractivity contribution in [1.82, 2.24) is 0 Å². The Balaban J connectivity index is 2.53. The van der Waals surface area contributed by atoms with Gasteiger partial charge in [-0.1, -0.05) is 54.6 Å². The lowest BCUT2D eigenvalue weighted by atomic mass is 10.2. The molecule has 2 rings (SSSR count). The topological polar surface area (TPSA) is 18.5 Å². The first kappa shape index (κ1) is 14.0. The van der Waals surface area contributed by atoms with E-state index in [0.717, 1.165) is 0 Å². The monoisotopic (exact) mass is 272 g/mol. The van der Waals surface area contributed by atoms with Crippen molar-refractivity contribution in [2.24, 2.45) is 0 Å². The van der Waals surface area contributed by atoms with E-state index < -0.39 is 8.32 Å². The minimum Gasteiger partial charge on any atom is -0.411 e. The molecule has 1 atom stereocenters. The SMILES string of the molecule is COCc1ccccc1[Si](C)(OC)c1ccccc1. The summed E-state index contributed by atoms with van der Waals surface area (Å²) >= 11 is 0. The second-order valence-corrected chi connectivity index (χ2v) is 8.28. The normalized spacial score (nSPS) is 14.1. The molecule has 0 amide bonds. The fourth-order valence-electron chi connectivity index (χ4n) is 2.41. The molecule has 3 heteroatoms. The largest absolute Gasteiger partial charge is 0.411 e. The molecule has 0 aliphatic carbocycles. The van der Waals surface area contributed by atoms with E-state index in [2.05, 4.69) is 49.0 Å². The van der Waals surface area contributed by atoms with E-state index in [-0.39, 0.29) is 0 Å². The van der Waals surface area contributed by atoms with Crippen molar-refractivity contribution in [3.05, 3.63) is 60.2 Å². The lowest BCUT2D eigenvalue weighted by Gasteiger charge is -2.28. The van der Waals surface area contributed by atoms with Crippen molar-refractivity contribution in [1.29, 1.82) is 0 Å². The Morgan fingerprint density at radius 3 is 2.16 bits per heavy atom. The Hall–Kier alpha value is -1.42. The molecule has 0 aliphatic rings. The van der Waals surface area contributed by atoms with Crippen LogP contribution in [-0.2, 0) is 15.8 Å². The van der Waals surface area contributed by atoms with Gasteiger partial charge in [0.1, 0.15) is 0 Å². The summed E-state index contributed by atoms with van der Waals surface area (Å²) in [5.41, 5.74) is 1.21. The predicted octanol–water partition coefficient (Wildman–Crippen LogP) is 2.17. The highest BCUT2D eigenvalue weighted by Crippen LogP contribution is 2.10. The van der Waals surface area contributed by atoms with Crippen LogP contribution < -0.4 is 10.4 Å². The van der Waals surface area contributed by atoms with Crippen LogP contribution in [0.15, 0.2) is 54.6 Å². The van der Waals surface area contributed by atoms with Crippen molar-refractivity contribution in [2.45, 2.75) is 13.2 Å². The third-order valence-electron chi connectivity index (χ3n) is 3.56. The molecule has 0 aromatic heterocycles. The van der Waals surface area contributed by atoms with Gasteiger partial charge in [-0.15, -0.1) is 0 Å². The second-order valence-electron chi connectivity index (χ2n) is 4.69. The van der Waals surface area contributed by atoms with Gasteiger partial charge in [0.15, 0.2) is 0 Å². The average Bonchev–Trinajstić information content (AvgIpc) is 2.48. The maximum atomic E-state index is 5.98. The van der Waals surface area contributed by atoms with Gasteiger partial charge in [0.2, 0.25) is 0 Å². The number of rotatable bonds is 5. The van der Waals surface area contributed by atoms with Crippen LogP contribution in [0.1, 0.15) is 5.56 Å². The molecule has 0 fully saturated rings. The van der Waals surface area contributed by atoms with Crippen LogP contribution in [0.4, 0.5) is 0 Å². The summed E-state index contributed by atoms with van der Waals surface area (Å²) in [7, 11) is 1.40. The molecule has 2 aromatic rings. The molecule has 0 saturated carbocycles. The van der Waals surface area contributed by atoms with Crippen molar-refractivity contribution in [3.63, 3.8) is 0 Å². The van der Waals surface area contributed by atoms with Gasteiger partial charge in [-0.25, -0.2) is 0 Å². The number of hydrogen-bond donors (Lipinski definition) is 0. The smallest absolute Gasteiger partial charge is 0.252 e. The standard InChI is InChI=1S/C16H20O2Si/c1-17-13-14-9-7-8-12-16(14)19(3,18-2)15-10-5-4-6-11-15/h4-12H,13H2,1-3H3. The summed E-state index contributed by atoms with van der Waals surface area (Å²) in [5.74, 6) is 0. The average molecular weight is 272 g/mol. The molecule has 0 saturated heterocycles. The zero-order valence-corrected chi connectivity index (χ0v) is 12.7. The third-order valence-corrected chi connectivity index (χ3v) is 7.33. The summed E-state index contributed by atoms with van der Waals surface area (Å²) in [5, 5.41) is 2.56. The van der Waals surface area contributed by atoms with Crippen LogP contribution in [0, 0.1) is 0 Å². The number of ether oxygens (including phenoxy) is 1. The summed E-state index contributed by atoms with van der Waals surface area (Å²) in [6.07, 6.45) is 0. The van der Waals surface area contributed by atoms with Crippen LogP contribution in [-0.4, -0.2) is 22.5 Å². The van der Waals surface area contributed by atoms with E-state index in [1.807, 2.05) is 19.2 Å². The van der Waals surface area contributed by atoms with Gasteiger partial charge < -0.3 is 9.16 Å². The van der Waals surface area contributed by atoms with Gasteiger partial charge in [-0.3, -0.25) is 0 Å². The molecule has 0 heterocycles. The molecular weight excluding hydrogens is 252 g/mol. The van der Waals surface area contributed by atoms with Gasteiger partial charge in [0.25, 0.3) is 8.32 Å². The predicted molar refractivity (Wildman–Crippen MR) is 81.5 cm³/mol. The Morgan fingerprint density at radius 1 is 0.895 bits per heavy atom. The molecule has 0 bridgehead atoms. The lowest BCUT2D eigenvalue weighted by Crippen LogP contribution is -2.58. The van der Waals surface area contributed by atoms with E-state index in [0.29, 0.717) is 6.61 Å². The maximum Gasteiger partial charge on any atom is 0.252 e. The molecule has 19 heavy (non-hydrogen) atoms. The van der Waals surface area contributed by atoms with Crippen molar-refractivity contribution < 1.29 is 9.16 Å². The van der Waals surface area contributed by atoms with Gasteiger partial charge in [-0.2, -0.15) is 0 Å². The van der Waals surface area contributed by atoms with E-state index in [4.69, 9.17) is 9.16 Å². The first-order chi connectivity index (χ1) is 9.22. The van der Waals surface area contributed by atoms with Crippen molar-refractivity contribution >= 4 is 18.7 Å². The summed E-state index contributed by atoms with van der Waals surface area (Å²) in [6.45, 7) is 2.85. The van der Waals surface area contributed by atoms with E-state index in [1.54, 1.807) is 7.11 Å². The zero-order valence-electron chi connectivity index (χ0n) is 11.7. The third kappa shape index (κ3) is 2.78. The van der Waals surface area contributed by atoms with E-state index >= 15 is 0 Å². The van der Waals surface area contributed by atoms with Crippen LogP contribution in [0.5, 0.6) is 0 Å².